The van der Waals surface area contributed by atoms with E-state index in [-0.39, 0.29) is 36.4 Å². The van der Waals surface area contributed by atoms with Crippen LogP contribution in [0.4, 0.5) is 0 Å². The zero-order valence-corrected chi connectivity index (χ0v) is 18.8. The Balaban J connectivity index is 0.00000338. The van der Waals surface area contributed by atoms with Crippen molar-refractivity contribution >= 4 is 35.8 Å². The summed E-state index contributed by atoms with van der Waals surface area (Å²) < 4.78 is 0. The first-order valence-electron chi connectivity index (χ1n) is 9.27. The molecule has 2 rings (SSSR count). The Morgan fingerprint density at radius 2 is 1.81 bits per heavy atom. The van der Waals surface area contributed by atoms with Gasteiger partial charge in [0.2, 0.25) is 5.91 Å². The van der Waals surface area contributed by atoms with Crippen LogP contribution in [0.1, 0.15) is 42.4 Å². The first-order chi connectivity index (χ1) is 12.0. The number of amides is 1. The van der Waals surface area contributed by atoms with Crippen LogP contribution in [0.2, 0.25) is 0 Å². The lowest BCUT2D eigenvalue weighted by Crippen LogP contribution is -2.43. The van der Waals surface area contributed by atoms with E-state index in [1.165, 1.54) is 42.4 Å². The number of hydrogen-bond acceptors (Lipinski definition) is 2. The highest BCUT2D eigenvalue weighted by Gasteiger charge is 2.16. The molecule has 1 aliphatic rings. The second-order valence-corrected chi connectivity index (χ2v) is 7.13. The number of halogens is 1. The van der Waals surface area contributed by atoms with E-state index >= 15 is 0 Å². The highest BCUT2D eigenvalue weighted by Crippen LogP contribution is 2.17. The monoisotopic (exact) mass is 472 g/mol. The molecule has 0 heterocycles. The molecule has 0 atom stereocenters. The number of nitrogens with zero attached hydrogens (tertiary/aromatic N) is 2. The van der Waals surface area contributed by atoms with Gasteiger partial charge in [0.1, 0.15) is 6.54 Å². The van der Waals surface area contributed by atoms with Crippen LogP contribution < -0.4 is 10.6 Å². The summed E-state index contributed by atoms with van der Waals surface area (Å²) in [6.45, 7) is 5.30. The fourth-order valence-electron chi connectivity index (χ4n) is 3.25. The third kappa shape index (κ3) is 7.13. The third-order valence-electron chi connectivity index (χ3n) is 4.88. The molecule has 0 aliphatic heterocycles. The van der Waals surface area contributed by atoms with Gasteiger partial charge in [-0.25, -0.2) is 4.99 Å². The van der Waals surface area contributed by atoms with E-state index < -0.39 is 0 Å². The van der Waals surface area contributed by atoms with E-state index in [1.807, 2.05) is 0 Å². The molecule has 0 saturated heterocycles. The Bertz CT molecular complexity index is 590. The zero-order chi connectivity index (χ0) is 18.2. The number of benzene rings is 1. The largest absolute Gasteiger partial charge is 0.356 e. The number of aryl methyl sites for hydroxylation is 2. The molecule has 0 radical (unpaired) electrons. The topological polar surface area (TPSA) is 56.7 Å². The van der Waals surface area contributed by atoms with E-state index in [0.29, 0.717) is 6.04 Å². The summed E-state index contributed by atoms with van der Waals surface area (Å²) in [6.07, 6.45) is 5.85. The number of aliphatic imine (C=N–C) groups is 1. The van der Waals surface area contributed by atoms with Gasteiger partial charge in [0.25, 0.3) is 0 Å². The van der Waals surface area contributed by atoms with Crippen molar-refractivity contribution in [1.82, 2.24) is 15.5 Å². The molecule has 6 heteroatoms. The van der Waals surface area contributed by atoms with Gasteiger partial charge in [0.05, 0.1) is 0 Å². The Morgan fingerprint density at radius 3 is 2.38 bits per heavy atom. The first-order valence-corrected chi connectivity index (χ1v) is 9.27. The molecule has 1 amide bonds. The van der Waals surface area contributed by atoms with Crippen molar-refractivity contribution in [3.05, 3.63) is 34.9 Å². The zero-order valence-electron chi connectivity index (χ0n) is 16.5. The third-order valence-corrected chi connectivity index (χ3v) is 4.88. The van der Waals surface area contributed by atoms with Crippen LogP contribution in [0.25, 0.3) is 0 Å². The SMILES string of the molecule is Cc1cccc(C)c1CCNC(=NCC(=O)N(C)C)NC1CCCC1.I. The van der Waals surface area contributed by atoms with Crippen LogP contribution in [0.5, 0.6) is 0 Å². The van der Waals surface area contributed by atoms with Crippen molar-refractivity contribution in [3.63, 3.8) is 0 Å². The maximum Gasteiger partial charge on any atom is 0.243 e. The summed E-state index contributed by atoms with van der Waals surface area (Å²) >= 11 is 0. The van der Waals surface area contributed by atoms with Crippen LogP contribution >= 0.6 is 24.0 Å². The summed E-state index contributed by atoms with van der Waals surface area (Å²) in [7, 11) is 3.52. The van der Waals surface area contributed by atoms with Gasteiger partial charge >= 0.3 is 0 Å². The molecule has 0 aromatic heterocycles. The van der Waals surface area contributed by atoms with E-state index in [4.69, 9.17) is 0 Å². The quantitative estimate of drug-likeness (QED) is 0.380. The second-order valence-electron chi connectivity index (χ2n) is 7.13. The summed E-state index contributed by atoms with van der Waals surface area (Å²) in [5.41, 5.74) is 4.04. The molecule has 1 aliphatic carbocycles. The molecule has 146 valence electrons. The molecule has 0 spiro atoms. The van der Waals surface area contributed by atoms with Crippen LogP contribution in [-0.2, 0) is 11.2 Å². The lowest BCUT2D eigenvalue weighted by atomic mass is 10.0. The van der Waals surface area contributed by atoms with Crippen molar-refractivity contribution in [2.75, 3.05) is 27.2 Å². The first kappa shape index (κ1) is 22.7. The smallest absolute Gasteiger partial charge is 0.243 e. The van der Waals surface area contributed by atoms with Crippen molar-refractivity contribution in [2.45, 2.75) is 52.0 Å². The molecule has 1 fully saturated rings. The standard InChI is InChI=1S/C20H32N4O.HI/c1-15-8-7-9-16(2)18(15)12-13-21-20(22-14-19(25)24(3)4)23-17-10-5-6-11-17;/h7-9,17H,5-6,10-14H2,1-4H3,(H2,21,22,23);1H. The van der Waals surface area contributed by atoms with Crippen molar-refractivity contribution in [1.29, 1.82) is 0 Å². The van der Waals surface area contributed by atoms with Crippen LogP contribution in [0.3, 0.4) is 0 Å². The predicted octanol–water partition coefficient (Wildman–Crippen LogP) is 3.03. The maximum absolute atomic E-state index is 11.8. The average Bonchev–Trinajstić information content (AvgIpc) is 3.07. The van der Waals surface area contributed by atoms with Gasteiger partial charge in [-0.1, -0.05) is 31.0 Å². The minimum Gasteiger partial charge on any atom is -0.356 e. The van der Waals surface area contributed by atoms with Gasteiger partial charge in [-0.3, -0.25) is 4.79 Å². The second kappa shape index (κ2) is 11.4. The number of carbonyl (C=O) groups excluding carboxylic acids is 1. The Kier molecular flexibility index (Phi) is 9.98. The normalized spacial score (nSPS) is 14.7. The number of hydrogen-bond donors (Lipinski definition) is 2. The minimum atomic E-state index is 0. The lowest BCUT2D eigenvalue weighted by molar-refractivity contribution is -0.127. The number of likely N-dealkylation sites (N-methyl/N-ethyl adjacent to an activating group) is 1. The van der Waals surface area contributed by atoms with Gasteiger partial charge < -0.3 is 15.5 Å². The Hall–Kier alpha value is -1.31. The van der Waals surface area contributed by atoms with Crippen molar-refractivity contribution in [2.24, 2.45) is 4.99 Å². The molecule has 0 unspecified atom stereocenters. The summed E-state index contributed by atoms with van der Waals surface area (Å²) in [5, 5.41) is 6.91. The fourth-order valence-corrected chi connectivity index (χ4v) is 3.25. The van der Waals surface area contributed by atoms with E-state index in [2.05, 4.69) is 47.7 Å². The van der Waals surface area contributed by atoms with Crippen molar-refractivity contribution < 1.29 is 4.79 Å². The highest BCUT2D eigenvalue weighted by molar-refractivity contribution is 14.0. The van der Waals surface area contributed by atoms with Gasteiger partial charge in [0.15, 0.2) is 5.96 Å². The van der Waals surface area contributed by atoms with Gasteiger partial charge in [0, 0.05) is 26.7 Å². The molecular weight excluding hydrogens is 439 g/mol. The van der Waals surface area contributed by atoms with Gasteiger partial charge in [-0.05, 0) is 49.8 Å². The van der Waals surface area contributed by atoms with Crippen LogP contribution in [-0.4, -0.2) is 50.0 Å². The van der Waals surface area contributed by atoms with Crippen LogP contribution in [0, 0.1) is 13.8 Å². The number of guanidine groups is 1. The number of rotatable bonds is 6. The summed E-state index contributed by atoms with van der Waals surface area (Å²) in [4.78, 5) is 17.9. The molecule has 1 aromatic carbocycles. The minimum absolute atomic E-state index is 0. The number of carbonyl (C=O) groups is 1. The van der Waals surface area contributed by atoms with Gasteiger partial charge in [-0.2, -0.15) is 0 Å². The van der Waals surface area contributed by atoms with E-state index in [0.717, 1.165) is 18.9 Å². The Labute approximate surface area is 175 Å². The van der Waals surface area contributed by atoms with Crippen molar-refractivity contribution in [3.8, 4) is 0 Å². The molecular formula is C20H33IN4O. The highest BCUT2D eigenvalue weighted by atomic mass is 127. The lowest BCUT2D eigenvalue weighted by Gasteiger charge is -2.18. The number of nitrogens with one attached hydrogen (secondary N) is 2. The summed E-state index contributed by atoms with van der Waals surface area (Å²) in [6, 6.07) is 6.89. The molecule has 0 bridgehead atoms. The molecule has 5 nitrogen and oxygen atoms in total. The summed E-state index contributed by atoms with van der Waals surface area (Å²) in [5.74, 6) is 0.774. The molecule has 26 heavy (non-hydrogen) atoms. The van der Waals surface area contributed by atoms with Crippen LogP contribution in [0.15, 0.2) is 23.2 Å². The molecule has 1 aromatic rings. The van der Waals surface area contributed by atoms with E-state index in [1.54, 1.807) is 19.0 Å². The maximum atomic E-state index is 11.8. The fraction of sp³-hybridized carbons (Fsp3) is 0.600. The van der Waals surface area contributed by atoms with Gasteiger partial charge in [-0.15, -0.1) is 24.0 Å². The van der Waals surface area contributed by atoms with E-state index in [9.17, 15) is 4.79 Å². The Morgan fingerprint density at radius 1 is 1.19 bits per heavy atom. The molecule has 2 N–H and O–H groups in total. The molecule has 1 saturated carbocycles. The average molecular weight is 472 g/mol. The predicted molar refractivity (Wildman–Crippen MR) is 119 cm³/mol.